The van der Waals surface area contributed by atoms with Gasteiger partial charge < -0.3 is 5.11 Å². The van der Waals surface area contributed by atoms with Gasteiger partial charge in [-0.15, -0.1) is 0 Å². The summed E-state index contributed by atoms with van der Waals surface area (Å²) >= 11 is 2.11. The molecule has 0 saturated carbocycles. The van der Waals surface area contributed by atoms with Crippen LogP contribution in [-0.2, 0) is 0 Å². The Bertz CT molecular complexity index is 550. The third-order valence-corrected chi connectivity index (χ3v) is 6.39. The van der Waals surface area contributed by atoms with Gasteiger partial charge >= 0.3 is 38.9 Å². The van der Waals surface area contributed by atoms with Gasteiger partial charge in [0.2, 0.25) is 0 Å². The van der Waals surface area contributed by atoms with E-state index in [0.29, 0.717) is 6.04 Å². The van der Waals surface area contributed by atoms with Gasteiger partial charge in [-0.05, 0) is 12.2 Å². The molecule has 0 aliphatic carbocycles. The van der Waals surface area contributed by atoms with Gasteiger partial charge in [0, 0.05) is 18.6 Å². The molecular formula is C19H38F6N3OPS. The molecule has 0 aromatic rings. The van der Waals surface area contributed by atoms with Gasteiger partial charge in [0.1, 0.15) is 6.04 Å². The van der Waals surface area contributed by atoms with E-state index in [9.17, 15) is 30.3 Å². The van der Waals surface area contributed by atoms with Crippen molar-refractivity contribution in [3.8, 4) is 0 Å². The number of nitrogens with one attached hydrogen (secondary N) is 2. The summed E-state index contributed by atoms with van der Waals surface area (Å²) in [6.07, 6.45) is 13.5. The minimum absolute atomic E-state index is 0.229. The van der Waals surface area contributed by atoms with Crippen LogP contribution in [0.2, 0.25) is 0 Å². The summed E-state index contributed by atoms with van der Waals surface area (Å²) in [6, 6.07) is 0.813. The van der Waals surface area contributed by atoms with Crippen molar-refractivity contribution in [1.29, 1.82) is 0 Å². The normalized spacial score (nSPS) is 23.5. The molecule has 0 unspecified atom stereocenters. The second-order valence-corrected chi connectivity index (χ2v) is 11.4. The van der Waals surface area contributed by atoms with Crippen molar-refractivity contribution in [3.63, 3.8) is 0 Å². The van der Waals surface area contributed by atoms with Gasteiger partial charge in [-0.3, -0.25) is 15.2 Å². The summed E-state index contributed by atoms with van der Waals surface area (Å²) < 4.78 is 61.6. The van der Waals surface area contributed by atoms with Gasteiger partial charge in [0.05, 0.1) is 25.7 Å². The minimum atomic E-state index is -10.7. The first-order valence-electron chi connectivity index (χ1n) is 11.2. The Morgan fingerprint density at radius 1 is 0.871 bits per heavy atom. The number of nitrogens with zero attached hydrogens (tertiary/aromatic N) is 1. The molecule has 4 nitrogen and oxygen atoms in total. The van der Waals surface area contributed by atoms with Crippen LogP contribution in [0.15, 0.2) is 0 Å². The summed E-state index contributed by atoms with van der Waals surface area (Å²) in [6.45, 7) is 4.73. The fourth-order valence-electron chi connectivity index (χ4n) is 3.54. The van der Waals surface area contributed by atoms with Crippen molar-refractivity contribution in [2.45, 2.75) is 83.2 Å². The number of hydrogen-bond donors (Lipinski definition) is 3. The number of aliphatic hydroxyl groups excluding tert-OH is 1. The van der Waals surface area contributed by atoms with Crippen LogP contribution >= 0.6 is 19.6 Å². The number of halogens is 6. The zero-order chi connectivity index (χ0) is 23.4. The van der Waals surface area contributed by atoms with Gasteiger partial charge in [-0.2, -0.15) is 11.8 Å². The quantitative estimate of drug-likeness (QED) is 0.127. The standard InChI is InChI=1S/C19H37N3OS.F6P/c1-2-3-4-5-6-7-8-9-14-24-16-18-11-13-22-12-10-17(15-23)20-19(22)21-18;1-7(2,3,4,5)6/h17-18,23H,2-16H2,1H3,(H,20,21);/q;-1/p+1/t17-,18-;/m1./s1. The Kier molecular flexibility index (Phi) is 11.2. The molecule has 12 heteroatoms. The van der Waals surface area contributed by atoms with Crippen molar-refractivity contribution < 1.29 is 34.9 Å². The van der Waals surface area contributed by atoms with Gasteiger partial charge in [-0.25, -0.2) is 0 Å². The van der Waals surface area contributed by atoms with Crippen LogP contribution in [-0.4, -0.2) is 58.9 Å². The molecule has 0 aromatic heterocycles. The Labute approximate surface area is 185 Å². The molecule has 0 amide bonds. The first-order chi connectivity index (χ1) is 14.3. The van der Waals surface area contributed by atoms with Crippen molar-refractivity contribution >= 4 is 25.5 Å². The maximum atomic E-state index is 9.87. The molecule has 2 aliphatic heterocycles. The molecule has 0 fully saturated rings. The van der Waals surface area contributed by atoms with Crippen molar-refractivity contribution in [2.24, 2.45) is 0 Å². The first kappa shape index (κ1) is 28.6. The Balaban J connectivity index is 0.000000592. The molecule has 0 aromatic carbocycles. The molecule has 2 aliphatic rings. The van der Waals surface area contributed by atoms with Crippen molar-refractivity contribution in [1.82, 2.24) is 10.6 Å². The third-order valence-electron chi connectivity index (χ3n) is 5.17. The molecule has 2 atom stereocenters. The van der Waals surface area contributed by atoms with Crippen LogP contribution in [0.3, 0.4) is 0 Å². The van der Waals surface area contributed by atoms with Crippen LogP contribution in [0.1, 0.15) is 71.1 Å². The number of unbranched alkanes of at least 4 members (excludes halogenated alkanes) is 7. The second-order valence-electron chi connectivity index (χ2n) is 8.29. The average Bonchev–Trinajstić information content (AvgIpc) is 2.66. The van der Waals surface area contributed by atoms with Crippen LogP contribution < -0.4 is 10.6 Å². The molecular weight excluding hydrogens is 463 g/mol. The topological polar surface area (TPSA) is 47.3 Å². The Hall–Kier alpha value is -0.410. The molecule has 0 radical (unpaired) electrons. The maximum absolute atomic E-state index is 10.7. The monoisotopic (exact) mass is 501 g/mol. The Morgan fingerprint density at radius 3 is 1.90 bits per heavy atom. The van der Waals surface area contributed by atoms with E-state index < -0.39 is 7.81 Å². The van der Waals surface area contributed by atoms with Gasteiger partial charge in [-0.1, -0.05) is 51.9 Å². The van der Waals surface area contributed by atoms with Crippen molar-refractivity contribution in [3.05, 3.63) is 0 Å². The predicted molar refractivity (Wildman–Crippen MR) is 119 cm³/mol. The fourth-order valence-corrected chi connectivity index (χ4v) is 4.65. The number of guanidine groups is 1. The van der Waals surface area contributed by atoms with E-state index >= 15 is 0 Å². The molecule has 3 N–H and O–H groups in total. The number of thioether (sulfide) groups is 1. The Morgan fingerprint density at radius 2 is 1.35 bits per heavy atom. The first-order valence-corrected chi connectivity index (χ1v) is 14.4. The summed E-state index contributed by atoms with van der Waals surface area (Å²) in [5.41, 5.74) is 0. The molecule has 0 bridgehead atoms. The summed E-state index contributed by atoms with van der Waals surface area (Å²) in [4.78, 5) is 0. The van der Waals surface area contributed by atoms with E-state index in [-0.39, 0.29) is 12.6 Å². The second kappa shape index (κ2) is 12.2. The van der Waals surface area contributed by atoms with Crippen LogP contribution in [0.4, 0.5) is 25.2 Å². The number of aliphatic hydroxyl groups is 1. The van der Waals surface area contributed by atoms with Crippen LogP contribution in [0.25, 0.3) is 0 Å². The van der Waals surface area contributed by atoms with Crippen LogP contribution in [0, 0.1) is 0 Å². The van der Waals surface area contributed by atoms with Gasteiger partial charge in [0.25, 0.3) is 0 Å². The molecule has 0 saturated heterocycles. The number of rotatable bonds is 12. The van der Waals surface area contributed by atoms with E-state index in [2.05, 4.69) is 33.9 Å². The van der Waals surface area contributed by atoms with Crippen molar-refractivity contribution in [2.75, 3.05) is 31.2 Å². The van der Waals surface area contributed by atoms with E-state index in [0.717, 1.165) is 25.5 Å². The third kappa shape index (κ3) is 17.8. The van der Waals surface area contributed by atoms with E-state index in [1.165, 1.54) is 69.3 Å². The molecule has 0 spiro atoms. The van der Waals surface area contributed by atoms with Crippen LogP contribution in [0.5, 0.6) is 0 Å². The zero-order valence-corrected chi connectivity index (χ0v) is 20.0. The molecule has 31 heavy (non-hydrogen) atoms. The number of hydrogen-bond acceptors (Lipinski definition) is 4. The molecule has 2 rings (SSSR count). The van der Waals surface area contributed by atoms with Gasteiger partial charge in [0.15, 0.2) is 0 Å². The van der Waals surface area contributed by atoms with E-state index in [4.69, 9.17) is 0 Å². The van der Waals surface area contributed by atoms with E-state index in [1.807, 2.05) is 0 Å². The zero-order valence-electron chi connectivity index (χ0n) is 18.3. The predicted octanol–water partition coefficient (Wildman–Crippen LogP) is 6.33. The summed E-state index contributed by atoms with van der Waals surface area (Å²) in [5.74, 6) is 3.67. The summed E-state index contributed by atoms with van der Waals surface area (Å²) in [7, 11) is -10.7. The SMILES string of the molecule is CCCCCCCCCCSC[C@H]1CC[N+]2=C(N1)N[C@@H](CO)CC2.F[P-](F)(F)(F)(F)F. The van der Waals surface area contributed by atoms with E-state index in [1.54, 1.807) is 0 Å². The summed E-state index contributed by atoms with van der Waals surface area (Å²) in [5, 5.41) is 16.4. The molecule has 2 heterocycles. The molecule has 188 valence electrons. The average molecular weight is 502 g/mol. The fraction of sp³-hybridized carbons (Fsp3) is 0.947.